The van der Waals surface area contributed by atoms with Crippen LogP contribution < -0.4 is 21.3 Å². The summed E-state index contributed by atoms with van der Waals surface area (Å²) in [5, 5.41) is 12.3. The van der Waals surface area contributed by atoms with E-state index in [1.807, 2.05) is 13.8 Å². The summed E-state index contributed by atoms with van der Waals surface area (Å²) in [6.07, 6.45) is 1.49. The Balaban J connectivity index is 1.65. The largest absolute Gasteiger partial charge is 0.372 e. The summed E-state index contributed by atoms with van der Waals surface area (Å²) < 4.78 is 0. The third-order valence-corrected chi connectivity index (χ3v) is 3.24. The smallest absolute Gasteiger partial charge is 0.315 e. The normalized spacial score (nSPS) is 20.3. The van der Waals surface area contributed by atoms with Crippen LogP contribution in [0.1, 0.15) is 26.7 Å². The minimum absolute atomic E-state index is 0.0634. The maximum atomic E-state index is 11.9. The lowest BCUT2D eigenvalue weighted by molar-refractivity contribution is 0.235. The van der Waals surface area contributed by atoms with Crippen molar-refractivity contribution in [2.75, 3.05) is 26.2 Å². The zero-order chi connectivity index (χ0) is 14.4. The van der Waals surface area contributed by atoms with Gasteiger partial charge in [0.1, 0.15) is 0 Å². The van der Waals surface area contributed by atoms with Crippen molar-refractivity contribution in [3.63, 3.8) is 0 Å². The standard InChI is InChI=1S/C13H24N6O/c1-9(7-11-14-3-4-15-11)18-13(20)19-10(2)8-12-16-5-6-17-12/h9-10H,3-8H2,1-2H3,(H,14,15)(H,16,17)(H2,18,19,20). The van der Waals surface area contributed by atoms with Crippen molar-refractivity contribution >= 4 is 17.7 Å². The molecule has 0 aromatic heterocycles. The summed E-state index contributed by atoms with van der Waals surface area (Å²) in [5.74, 6) is 1.96. The molecule has 0 radical (unpaired) electrons. The Morgan fingerprint density at radius 3 is 1.85 bits per heavy atom. The summed E-state index contributed by atoms with van der Waals surface area (Å²) in [6, 6.07) is -0.0100. The number of carbonyl (C=O) groups excluding carboxylic acids is 1. The molecule has 7 heteroatoms. The predicted octanol–water partition coefficient (Wildman–Crippen LogP) is -0.154. The first-order valence-electron chi connectivity index (χ1n) is 7.25. The molecule has 2 amide bonds. The van der Waals surface area contributed by atoms with E-state index >= 15 is 0 Å². The Kier molecular flexibility index (Phi) is 5.20. The zero-order valence-electron chi connectivity index (χ0n) is 12.2. The molecule has 2 atom stereocenters. The van der Waals surface area contributed by atoms with E-state index in [2.05, 4.69) is 31.3 Å². The molecule has 0 bridgehead atoms. The molecule has 4 N–H and O–H groups in total. The van der Waals surface area contributed by atoms with Gasteiger partial charge in [-0.25, -0.2) is 4.79 Å². The van der Waals surface area contributed by atoms with Crippen LogP contribution in [0, 0.1) is 0 Å². The van der Waals surface area contributed by atoms with Gasteiger partial charge in [-0.3, -0.25) is 9.98 Å². The van der Waals surface area contributed by atoms with Crippen molar-refractivity contribution < 1.29 is 4.79 Å². The van der Waals surface area contributed by atoms with E-state index in [1.54, 1.807) is 0 Å². The number of aliphatic imine (C=N–C) groups is 2. The molecule has 2 unspecified atom stereocenters. The number of amidine groups is 2. The van der Waals surface area contributed by atoms with E-state index < -0.39 is 0 Å². The number of rotatable bonds is 6. The highest BCUT2D eigenvalue weighted by atomic mass is 16.2. The number of carbonyl (C=O) groups is 1. The molecule has 2 aliphatic rings. The van der Waals surface area contributed by atoms with Crippen molar-refractivity contribution in [3.8, 4) is 0 Å². The van der Waals surface area contributed by atoms with Crippen LogP contribution in [0.25, 0.3) is 0 Å². The third kappa shape index (κ3) is 4.71. The number of amides is 2. The fourth-order valence-electron chi connectivity index (χ4n) is 2.34. The number of nitrogens with zero attached hydrogens (tertiary/aromatic N) is 2. The Morgan fingerprint density at radius 1 is 1.05 bits per heavy atom. The molecule has 0 aromatic rings. The topological polar surface area (TPSA) is 89.9 Å². The van der Waals surface area contributed by atoms with E-state index in [0.29, 0.717) is 0 Å². The van der Waals surface area contributed by atoms with Crippen molar-refractivity contribution in [2.24, 2.45) is 9.98 Å². The van der Waals surface area contributed by atoms with Gasteiger partial charge in [0.05, 0.1) is 24.8 Å². The lowest BCUT2D eigenvalue weighted by Gasteiger charge is -2.18. The Morgan fingerprint density at radius 2 is 1.50 bits per heavy atom. The van der Waals surface area contributed by atoms with Crippen LogP contribution in [0.2, 0.25) is 0 Å². The maximum absolute atomic E-state index is 11.9. The second kappa shape index (κ2) is 7.12. The molecule has 0 saturated heterocycles. The predicted molar refractivity (Wildman–Crippen MR) is 80.4 cm³/mol. The molecule has 20 heavy (non-hydrogen) atoms. The number of nitrogens with one attached hydrogen (secondary N) is 4. The number of urea groups is 1. The molecule has 2 aliphatic heterocycles. The molecule has 0 saturated carbocycles. The van der Waals surface area contributed by atoms with E-state index in [9.17, 15) is 4.79 Å². The third-order valence-electron chi connectivity index (χ3n) is 3.24. The molecule has 112 valence electrons. The summed E-state index contributed by atoms with van der Waals surface area (Å²) in [4.78, 5) is 20.5. The van der Waals surface area contributed by atoms with Crippen LogP contribution in [-0.2, 0) is 0 Å². The highest BCUT2D eigenvalue weighted by Gasteiger charge is 2.15. The fraction of sp³-hybridized carbons (Fsp3) is 0.769. The van der Waals surface area contributed by atoms with Gasteiger partial charge >= 0.3 is 6.03 Å². The highest BCUT2D eigenvalue weighted by molar-refractivity contribution is 5.86. The van der Waals surface area contributed by atoms with Crippen molar-refractivity contribution in [1.29, 1.82) is 0 Å². The van der Waals surface area contributed by atoms with E-state index in [0.717, 1.165) is 50.7 Å². The Bertz CT molecular complexity index is 370. The summed E-state index contributed by atoms with van der Waals surface area (Å²) in [6.45, 7) is 7.44. The summed E-state index contributed by atoms with van der Waals surface area (Å²) in [5.41, 5.74) is 0. The zero-order valence-corrected chi connectivity index (χ0v) is 12.2. The molecular weight excluding hydrogens is 256 g/mol. The van der Waals surface area contributed by atoms with Crippen LogP contribution in [0.3, 0.4) is 0 Å². The van der Waals surface area contributed by atoms with Gasteiger partial charge < -0.3 is 21.3 Å². The first kappa shape index (κ1) is 14.6. The maximum Gasteiger partial charge on any atom is 0.315 e. The van der Waals surface area contributed by atoms with Gasteiger partial charge in [0.2, 0.25) is 0 Å². The highest BCUT2D eigenvalue weighted by Crippen LogP contribution is 1.99. The van der Waals surface area contributed by atoms with Crippen molar-refractivity contribution in [3.05, 3.63) is 0 Å². The summed E-state index contributed by atoms with van der Waals surface area (Å²) in [7, 11) is 0. The van der Waals surface area contributed by atoms with Gasteiger partial charge in [-0.2, -0.15) is 0 Å². The first-order valence-corrected chi connectivity index (χ1v) is 7.25. The number of hydrogen-bond acceptors (Lipinski definition) is 5. The van der Waals surface area contributed by atoms with Gasteiger partial charge in [0, 0.05) is 38.0 Å². The molecule has 0 aromatic carbocycles. The van der Waals surface area contributed by atoms with Crippen LogP contribution in [0.15, 0.2) is 9.98 Å². The van der Waals surface area contributed by atoms with Crippen LogP contribution in [-0.4, -0.2) is 56.0 Å². The minimum atomic E-state index is -0.137. The fourth-order valence-corrected chi connectivity index (χ4v) is 2.34. The second-order valence-corrected chi connectivity index (χ2v) is 5.34. The van der Waals surface area contributed by atoms with E-state index in [1.165, 1.54) is 0 Å². The van der Waals surface area contributed by atoms with Gasteiger partial charge in [-0.15, -0.1) is 0 Å². The second-order valence-electron chi connectivity index (χ2n) is 5.34. The average Bonchev–Trinajstić information content (AvgIpc) is 3.01. The molecule has 0 fully saturated rings. The number of hydrogen-bond donors (Lipinski definition) is 4. The first-order chi connectivity index (χ1) is 9.63. The van der Waals surface area contributed by atoms with Crippen molar-refractivity contribution in [2.45, 2.75) is 38.8 Å². The summed E-state index contributed by atoms with van der Waals surface area (Å²) >= 11 is 0. The van der Waals surface area contributed by atoms with Crippen LogP contribution >= 0.6 is 0 Å². The van der Waals surface area contributed by atoms with Crippen LogP contribution in [0.4, 0.5) is 4.79 Å². The molecule has 2 heterocycles. The molecule has 0 aliphatic carbocycles. The van der Waals surface area contributed by atoms with E-state index in [-0.39, 0.29) is 18.1 Å². The Labute approximate surface area is 119 Å². The Hall–Kier alpha value is -1.79. The molecule has 2 rings (SSSR count). The molecule has 0 spiro atoms. The lowest BCUT2D eigenvalue weighted by atomic mass is 10.2. The average molecular weight is 280 g/mol. The monoisotopic (exact) mass is 280 g/mol. The van der Waals surface area contributed by atoms with Crippen LogP contribution in [0.5, 0.6) is 0 Å². The van der Waals surface area contributed by atoms with Gasteiger partial charge in [0.15, 0.2) is 0 Å². The minimum Gasteiger partial charge on any atom is -0.372 e. The quantitative estimate of drug-likeness (QED) is 0.545. The lowest BCUT2D eigenvalue weighted by Crippen LogP contribution is -2.46. The van der Waals surface area contributed by atoms with Gasteiger partial charge in [0.25, 0.3) is 0 Å². The van der Waals surface area contributed by atoms with Gasteiger partial charge in [-0.1, -0.05) is 0 Å². The molecule has 7 nitrogen and oxygen atoms in total. The van der Waals surface area contributed by atoms with E-state index in [4.69, 9.17) is 0 Å². The SMILES string of the molecule is CC(CC1=NCCN1)NC(=O)NC(C)CC1=NCCN1. The van der Waals surface area contributed by atoms with Crippen molar-refractivity contribution in [1.82, 2.24) is 21.3 Å². The molecular formula is C13H24N6O. The van der Waals surface area contributed by atoms with Gasteiger partial charge in [-0.05, 0) is 13.8 Å².